The molecule has 0 saturated heterocycles. The van der Waals surface area contributed by atoms with E-state index >= 15 is 0 Å². The molecule has 0 amide bonds. The Morgan fingerprint density at radius 3 is 1.45 bits per heavy atom. The van der Waals surface area contributed by atoms with Crippen molar-refractivity contribution in [2.24, 2.45) is 10.3 Å². The topological polar surface area (TPSA) is 201 Å². The first-order valence-electron chi connectivity index (χ1n) is 27.3. The van der Waals surface area contributed by atoms with Crippen LogP contribution in [0.25, 0.3) is 43.6 Å². The average molecular weight is 1130 g/mol. The highest BCUT2D eigenvalue weighted by Crippen LogP contribution is 2.36. The second-order valence-corrected chi connectivity index (χ2v) is 19.6. The number of unbranched alkanes of at least 4 members (excludes halogenated alkanes) is 3. The summed E-state index contributed by atoms with van der Waals surface area (Å²) in [6.45, 7) is 17.0. The third-order valence-electron chi connectivity index (χ3n) is 14.1. The molecule has 0 fully saturated rings. The summed E-state index contributed by atoms with van der Waals surface area (Å²) < 4.78 is 27.3. The first kappa shape index (κ1) is 58.2. The van der Waals surface area contributed by atoms with Crippen LogP contribution < -0.4 is 9.47 Å². The smallest absolute Gasteiger partial charge is 0.332 e. The number of ether oxygens (including phenoxy) is 4. The Hall–Kier alpha value is -10.4. The van der Waals surface area contributed by atoms with Gasteiger partial charge < -0.3 is 37.8 Å². The molecule has 2 heterocycles. The van der Waals surface area contributed by atoms with Crippen molar-refractivity contribution in [3.8, 4) is 11.5 Å². The zero-order valence-electron chi connectivity index (χ0n) is 46.8. The van der Waals surface area contributed by atoms with Gasteiger partial charge in [0.2, 0.25) is 0 Å². The number of benzene rings is 7. The molecule has 0 aliphatic rings. The minimum atomic E-state index is -0.640. The van der Waals surface area contributed by atoms with Gasteiger partial charge in [-0.2, -0.15) is 0 Å². The number of hydrogen-bond acceptors (Lipinski definition) is 14. The molecule has 17 heteroatoms. The van der Waals surface area contributed by atoms with E-state index in [1.165, 1.54) is 26.0 Å². The molecule has 17 nitrogen and oxygen atoms in total. The molecular formula is C67H61N5O12. The Balaban J connectivity index is 0.995. The largest absolute Gasteiger partial charge is 0.491 e. The predicted octanol–water partition coefficient (Wildman–Crippen LogP) is 13.4. The lowest BCUT2D eigenvalue weighted by atomic mass is 9.97. The summed E-state index contributed by atoms with van der Waals surface area (Å²) in [4.78, 5) is 72.5. The maximum Gasteiger partial charge on any atom is 0.332 e. The molecule has 0 atom stereocenters. The molecule has 0 aliphatic heterocycles. The molecule has 0 aliphatic carbocycles. The van der Waals surface area contributed by atoms with Gasteiger partial charge in [-0.1, -0.05) is 104 Å². The quantitative estimate of drug-likeness (QED) is 0.00451. The van der Waals surface area contributed by atoms with Crippen LogP contribution in [-0.4, -0.2) is 75.6 Å². The Kier molecular flexibility index (Phi) is 18.7. The summed E-state index contributed by atoms with van der Waals surface area (Å²) >= 11 is 0. The van der Waals surface area contributed by atoms with Crippen molar-refractivity contribution in [1.82, 2.24) is 9.13 Å². The van der Waals surface area contributed by atoms with Gasteiger partial charge in [-0.3, -0.25) is 14.9 Å². The van der Waals surface area contributed by atoms with Crippen molar-refractivity contribution in [2.45, 2.75) is 59.5 Å². The van der Waals surface area contributed by atoms with Gasteiger partial charge in [0, 0.05) is 122 Å². The van der Waals surface area contributed by atoms with E-state index in [2.05, 4.69) is 39.2 Å². The molecule has 84 heavy (non-hydrogen) atoms. The van der Waals surface area contributed by atoms with Crippen molar-refractivity contribution in [3.05, 3.63) is 232 Å². The maximum atomic E-state index is 14.1. The molecule has 0 spiro atoms. The maximum absolute atomic E-state index is 14.1. The number of hydrogen-bond donors (Lipinski definition) is 0. The van der Waals surface area contributed by atoms with Crippen molar-refractivity contribution < 1.29 is 52.7 Å². The van der Waals surface area contributed by atoms with Gasteiger partial charge in [0.1, 0.15) is 55.1 Å². The van der Waals surface area contributed by atoms with Crippen LogP contribution in [0.1, 0.15) is 83.3 Å². The van der Waals surface area contributed by atoms with Crippen molar-refractivity contribution in [3.63, 3.8) is 0 Å². The number of nitro benzene ring substituents is 1. The van der Waals surface area contributed by atoms with Crippen LogP contribution in [0.3, 0.4) is 0 Å². The summed E-state index contributed by atoms with van der Waals surface area (Å²) in [7, 11) is 0. The Morgan fingerprint density at radius 1 is 0.536 bits per heavy atom. The lowest BCUT2D eigenvalue weighted by Crippen LogP contribution is -2.13. The van der Waals surface area contributed by atoms with Crippen LogP contribution in [0.5, 0.6) is 11.5 Å². The van der Waals surface area contributed by atoms with Crippen LogP contribution in [0.15, 0.2) is 194 Å². The van der Waals surface area contributed by atoms with E-state index in [0.717, 1.165) is 75.5 Å². The fourth-order valence-corrected chi connectivity index (χ4v) is 10.2. The summed E-state index contributed by atoms with van der Waals surface area (Å²) in [5, 5.41) is 23.9. The molecule has 0 radical (unpaired) electrons. The first-order valence-corrected chi connectivity index (χ1v) is 27.3. The summed E-state index contributed by atoms with van der Waals surface area (Å²) in [6, 6.07) is 44.2. The highest BCUT2D eigenvalue weighted by Gasteiger charge is 2.23. The molecular weight excluding hydrogens is 1070 g/mol. The number of aryl methyl sites for hydroxylation is 3. The number of fused-ring (bicyclic) bond motifs is 6. The minimum absolute atomic E-state index is 0.0201. The van der Waals surface area contributed by atoms with E-state index in [-0.39, 0.29) is 43.6 Å². The molecule has 9 aromatic rings. The first-order chi connectivity index (χ1) is 40.7. The highest BCUT2D eigenvalue weighted by molar-refractivity contribution is 6.20. The van der Waals surface area contributed by atoms with Gasteiger partial charge in [0.25, 0.3) is 5.69 Å². The number of rotatable bonds is 27. The summed E-state index contributed by atoms with van der Waals surface area (Å²) in [5.41, 5.74) is 8.41. The number of esters is 1. The molecule has 2 aromatic heterocycles. The van der Waals surface area contributed by atoms with E-state index in [0.29, 0.717) is 74.8 Å². The molecule has 9 rings (SSSR count). The van der Waals surface area contributed by atoms with Gasteiger partial charge in [-0.25, -0.2) is 14.4 Å². The Bertz CT molecular complexity index is 4110. The van der Waals surface area contributed by atoms with E-state index in [4.69, 9.17) is 28.6 Å². The van der Waals surface area contributed by atoms with Crippen molar-refractivity contribution in [2.75, 3.05) is 26.4 Å². The molecule has 0 saturated carbocycles. The zero-order valence-corrected chi connectivity index (χ0v) is 46.8. The Morgan fingerprint density at radius 2 is 0.976 bits per heavy atom. The van der Waals surface area contributed by atoms with Crippen LogP contribution in [0, 0.1) is 17.0 Å². The van der Waals surface area contributed by atoms with E-state index < -0.39 is 22.8 Å². The van der Waals surface area contributed by atoms with Crippen molar-refractivity contribution >= 4 is 84.4 Å². The molecule has 0 bridgehead atoms. The summed E-state index contributed by atoms with van der Waals surface area (Å²) in [5.74, 6) is -0.612. The standard InChI is InChI=1S/C67H61N5O12/c1-7-44(4)79-35-36-80-62-23-15-13-21-52(62)65(68-83-45(5)73)47-25-29-58-54(39-47)56-41-49(67(76)51-20-12-11-19-43(51)3)27-31-60(56)70(58)33-17-9-10-18-34-71-59-30-26-48(40-55(59)57-42-50(72(77)78)28-32-61(57)71)66(69-84-46(6)74)53-22-14-16-24-63(53)81-37-38-82-64(75)8-2/h7-8,11-16,19-32,39-42H,1-2,4,9-10,17-18,33-38H2,3,5-6H3/b68-65+,69-66-. The monoisotopic (exact) mass is 1130 g/mol. The lowest BCUT2D eigenvalue weighted by molar-refractivity contribution is -0.384. The summed E-state index contributed by atoms with van der Waals surface area (Å²) in [6.07, 6.45) is 5.91. The van der Waals surface area contributed by atoms with Crippen LogP contribution in [0.2, 0.25) is 0 Å². The number of allylic oxidation sites excluding steroid dienone is 1. The second-order valence-electron chi connectivity index (χ2n) is 19.6. The minimum Gasteiger partial charge on any atom is -0.491 e. The molecule has 7 aromatic carbocycles. The van der Waals surface area contributed by atoms with E-state index in [9.17, 15) is 29.3 Å². The van der Waals surface area contributed by atoms with Crippen molar-refractivity contribution in [1.29, 1.82) is 0 Å². The molecule has 0 unspecified atom stereocenters. The fraction of sp³-hybridized carbons (Fsp3) is 0.194. The van der Waals surface area contributed by atoms with Crippen LogP contribution in [0.4, 0.5) is 5.69 Å². The Labute approximate surface area is 484 Å². The van der Waals surface area contributed by atoms with Gasteiger partial charge in [0.15, 0.2) is 5.78 Å². The predicted molar refractivity (Wildman–Crippen MR) is 324 cm³/mol. The SMILES string of the molecule is C=CC(=C)OCCOc1ccccc1/C(=N/OC(C)=O)c1ccc2c(c1)c1cc(C(=O)c3ccccc3C)ccc1n2CCCCCCn1c2ccc(/C(=N/OC(C)=O)c3ccccc3OCCOC(=O)C=C)cc2c2cc([N+](=O)[O-])ccc21. The van der Waals surface area contributed by atoms with Crippen LogP contribution >= 0.6 is 0 Å². The number of carbonyl (C=O) groups is 4. The van der Waals surface area contributed by atoms with Gasteiger partial charge in [-0.15, -0.1) is 0 Å². The number of para-hydroxylation sites is 2. The highest BCUT2D eigenvalue weighted by atomic mass is 16.7. The average Bonchev–Trinajstić information content (AvgIpc) is 2.99. The zero-order chi connectivity index (χ0) is 59.3. The third-order valence-corrected chi connectivity index (χ3v) is 14.1. The van der Waals surface area contributed by atoms with Gasteiger partial charge in [0.05, 0.1) is 4.92 Å². The molecule has 426 valence electrons. The van der Waals surface area contributed by atoms with E-state index in [1.807, 2.05) is 104 Å². The number of nitrogens with zero attached hydrogens (tertiary/aromatic N) is 5. The number of aromatic nitrogens is 2. The van der Waals surface area contributed by atoms with E-state index in [1.54, 1.807) is 42.5 Å². The number of non-ortho nitro benzene ring substituents is 1. The fourth-order valence-electron chi connectivity index (χ4n) is 10.2. The number of oxime groups is 2. The number of nitro groups is 1. The van der Waals surface area contributed by atoms with Gasteiger partial charge in [-0.05, 0) is 104 Å². The lowest BCUT2D eigenvalue weighted by Gasteiger charge is -2.14. The third kappa shape index (κ3) is 13.3. The second kappa shape index (κ2) is 26.9. The molecule has 0 N–H and O–H groups in total. The number of carbonyl (C=O) groups excluding carboxylic acids is 4. The van der Waals surface area contributed by atoms with Crippen LogP contribution in [-0.2, 0) is 46.6 Å². The van der Waals surface area contributed by atoms with Gasteiger partial charge >= 0.3 is 17.9 Å². The normalized spacial score (nSPS) is 11.6. The number of ketones is 1.